The first-order valence-corrected chi connectivity index (χ1v) is 7.42. The Morgan fingerprint density at radius 3 is 3.00 bits per heavy atom. The van der Waals surface area contributed by atoms with Crippen molar-refractivity contribution in [3.05, 3.63) is 18.0 Å². The van der Waals surface area contributed by atoms with Gasteiger partial charge >= 0.3 is 0 Å². The lowest BCUT2D eigenvalue weighted by Gasteiger charge is -2.34. The Kier molecular flexibility index (Phi) is 4.43. The topological polar surface area (TPSA) is 49.0 Å². The van der Waals surface area contributed by atoms with E-state index in [1.807, 2.05) is 17.3 Å². The minimum absolute atomic E-state index is 0.0689. The Labute approximate surface area is 116 Å². The third-order valence-electron chi connectivity index (χ3n) is 3.55. The molecule has 0 unspecified atom stereocenters. The van der Waals surface area contributed by atoms with Crippen molar-refractivity contribution in [2.75, 3.05) is 13.1 Å². The van der Waals surface area contributed by atoms with Crippen LogP contribution < -0.4 is 0 Å². The molecule has 0 aromatic carbocycles. The molecule has 1 aliphatic heterocycles. The van der Waals surface area contributed by atoms with E-state index in [9.17, 15) is 4.79 Å². The van der Waals surface area contributed by atoms with E-state index in [0.29, 0.717) is 11.8 Å². The summed E-state index contributed by atoms with van der Waals surface area (Å²) in [7, 11) is 0. The highest BCUT2D eigenvalue weighted by Gasteiger charge is 2.29. The number of nitrogens with zero attached hydrogens (tertiary/aromatic N) is 2. The summed E-state index contributed by atoms with van der Waals surface area (Å²) >= 11 is 3.50. The highest BCUT2D eigenvalue weighted by Crippen LogP contribution is 2.27. The molecule has 1 amide bonds. The summed E-state index contributed by atoms with van der Waals surface area (Å²) < 4.78 is 0. The average Bonchev–Trinajstić information content (AvgIpc) is 2.91. The summed E-state index contributed by atoms with van der Waals surface area (Å²) in [5.74, 6) is 0.971. The fraction of sp³-hybridized carbons (Fsp3) is 0.692. The van der Waals surface area contributed by atoms with Crippen LogP contribution in [0.2, 0.25) is 0 Å². The van der Waals surface area contributed by atoms with Gasteiger partial charge in [-0.1, -0.05) is 29.8 Å². The van der Waals surface area contributed by atoms with Gasteiger partial charge < -0.3 is 4.90 Å². The number of aromatic nitrogens is 2. The van der Waals surface area contributed by atoms with Crippen LogP contribution in [0, 0.1) is 5.92 Å². The minimum Gasteiger partial charge on any atom is -0.341 e. The molecule has 0 saturated carbocycles. The second-order valence-electron chi connectivity index (χ2n) is 5.30. The van der Waals surface area contributed by atoms with E-state index in [1.165, 1.54) is 5.56 Å². The molecule has 2 heterocycles. The van der Waals surface area contributed by atoms with Crippen molar-refractivity contribution >= 4 is 21.8 Å². The quantitative estimate of drug-likeness (QED) is 0.872. The van der Waals surface area contributed by atoms with E-state index in [4.69, 9.17) is 0 Å². The molecule has 2 atom stereocenters. The zero-order valence-electron chi connectivity index (χ0n) is 10.9. The van der Waals surface area contributed by atoms with Crippen molar-refractivity contribution in [2.24, 2.45) is 5.92 Å². The Bertz CT molecular complexity index is 391. The fourth-order valence-corrected chi connectivity index (χ4v) is 2.68. The van der Waals surface area contributed by atoms with E-state index in [2.05, 4.69) is 40.0 Å². The molecule has 1 aromatic rings. The standard InChI is InChI=1S/C13H20BrN3O/c1-9(2)12(14)13(18)17-5-3-4-10(8-17)11-6-15-16-7-11/h6-7,9-10,12H,3-5,8H2,1-2H3,(H,15,16)/t10-,12+/m0/s1. The average molecular weight is 314 g/mol. The number of hydrogen-bond acceptors (Lipinski definition) is 2. The number of carbonyl (C=O) groups is 1. The third kappa shape index (κ3) is 2.94. The maximum atomic E-state index is 12.3. The van der Waals surface area contributed by atoms with Gasteiger partial charge in [-0.25, -0.2) is 0 Å². The van der Waals surface area contributed by atoms with Crippen molar-refractivity contribution < 1.29 is 4.79 Å². The fourth-order valence-electron chi connectivity index (χ4n) is 2.39. The van der Waals surface area contributed by atoms with Gasteiger partial charge in [-0.05, 0) is 24.3 Å². The van der Waals surface area contributed by atoms with E-state index >= 15 is 0 Å². The van der Waals surface area contributed by atoms with Crippen LogP contribution in [0.15, 0.2) is 12.4 Å². The predicted molar refractivity (Wildman–Crippen MR) is 74.7 cm³/mol. The van der Waals surface area contributed by atoms with Gasteiger partial charge in [0.2, 0.25) is 5.91 Å². The number of nitrogens with one attached hydrogen (secondary N) is 1. The van der Waals surface area contributed by atoms with Gasteiger partial charge in [0.15, 0.2) is 0 Å². The number of rotatable bonds is 3. The van der Waals surface area contributed by atoms with E-state index in [0.717, 1.165) is 25.9 Å². The van der Waals surface area contributed by atoms with Crippen LogP contribution in [-0.2, 0) is 4.79 Å². The van der Waals surface area contributed by atoms with Crippen LogP contribution in [0.4, 0.5) is 0 Å². The number of piperidine rings is 1. The maximum Gasteiger partial charge on any atom is 0.236 e. The molecule has 5 heteroatoms. The van der Waals surface area contributed by atoms with Crippen molar-refractivity contribution in [3.8, 4) is 0 Å². The van der Waals surface area contributed by atoms with Gasteiger partial charge in [0.05, 0.1) is 11.0 Å². The lowest BCUT2D eigenvalue weighted by Crippen LogP contribution is -2.44. The second-order valence-corrected chi connectivity index (χ2v) is 6.29. The van der Waals surface area contributed by atoms with Crippen LogP contribution in [-0.4, -0.2) is 38.9 Å². The summed E-state index contributed by atoms with van der Waals surface area (Å²) in [6.07, 6.45) is 6.01. The van der Waals surface area contributed by atoms with E-state index in [-0.39, 0.29) is 10.7 Å². The monoisotopic (exact) mass is 313 g/mol. The van der Waals surface area contributed by atoms with Crippen LogP contribution >= 0.6 is 15.9 Å². The first-order chi connectivity index (χ1) is 8.59. The predicted octanol–water partition coefficient (Wildman–Crippen LogP) is 2.54. The molecule has 18 heavy (non-hydrogen) atoms. The number of alkyl halides is 1. The number of carbonyl (C=O) groups excluding carboxylic acids is 1. The largest absolute Gasteiger partial charge is 0.341 e. The van der Waals surface area contributed by atoms with Crippen molar-refractivity contribution in [2.45, 2.75) is 37.4 Å². The van der Waals surface area contributed by atoms with Crippen molar-refractivity contribution in [1.29, 1.82) is 0 Å². The number of likely N-dealkylation sites (tertiary alicyclic amines) is 1. The number of H-pyrrole nitrogens is 1. The van der Waals surface area contributed by atoms with Gasteiger partial charge in [-0.3, -0.25) is 9.89 Å². The van der Waals surface area contributed by atoms with Crippen LogP contribution in [0.1, 0.15) is 38.2 Å². The molecule has 0 spiro atoms. The Hall–Kier alpha value is -0.840. The summed E-state index contributed by atoms with van der Waals surface area (Å²) in [4.78, 5) is 14.2. The summed E-state index contributed by atoms with van der Waals surface area (Å²) in [6, 6.07) is 0. The van der Waals surface area contributed by atoms with E-state index in [1.54, 1.807) is 0 Å². The Morgan fingerprint density at radius 2 is 2.39 bits per heavy atom. The SMILES string of the molecule is CC(C)[C@@H](Br)C(=O)N1CCC[C@H](c2cn[nH]c2)C1. The Balaban J connectivity index is 2.01. The van der Waals surface area contributed by atoms with Gasteiger partial charge in [0.1, 0.15) is 0 Å². The molecular weight excluding hydrogens is 294 g/mol. The number of amides is 1. The summed E-state index contributed by atoms with van der Waals surface area (Å²) in [5.41, 5.74) is 1.21. The number of halogens is 1. The molecule has 1 aliphatic rings. The number of aromatic amines is 1. The Morgan fingerprint density at radius 1 is 1.61 bits per heavy atom. The van der Waals surface area contributed by atoms with Crippen LogP contribution in [0.25, 0.3) is 0 Å². The maximum absolute atomic E-state index is 12.3. The highest BCUT2D eigenvalue weighted by molar-refractivity contribution is 9.10. The lowest BCUT2D eigenvalue weighted by atomic mass is 9.92. The number of hydrogen-bond donors (Lipinski definition) is 1. The minimum atomic E-state index is -0.0689. The first kappa shape index (κ1) is 13.6. The molecule has 1 saturated heterocycles. The molecule has 100 valence electrons. The van der Waals surface area contributed by atoms with E-state index < -0.39 is 0 Å². The highest BCUT2D eigenvalue weighted by atomic mass is 79.9. The molecule has 1 N–H and O–H groups in total. The normalized spacial score (nSPS) is 22.2. The molecule has 0 radical (unpaired) electrons. The van der Waals surface area contributed by atoms with Gasteiger partial charge in [-0.2, -0.15) is 5.10 Å². The molecule has 0 aliphatic carbocycles. The van der Waals surface area contributed by atoms with Crippen molar-refractivity contribution in [3.63, 3.8) is 0 Å². The van der Waals surface area contributed by atoms with Crippen LogP contribution in [0.5, 0.6) is 0 Å². The first-order valence-electron chi connectivity index (χ1n) is 6.51. The molecule has 2 rings (SSSR count). The van der Waals surface area contributed by atoms with Gasteiger partial charge in [-0.15, -0.1) is 0 Å². The third-order valence-corrected chi connectivity index (χ3v) is 4.99. The zero-order chi connectivity index (χ0) is 13.1. The summed E-state index contributed by atoms with van der Waals surface area (Å²) in [5, 5.41) is 6.84. The van der Waals surface area contributed by atoms with Gasteiger partial charge in [0, 0.05) is 25.2 Å². The molecule has 0 bridgehead atoms. The molecule has 1 fully saturated rings. The second kappa shape index (κ2) is 5.87. The molecular formula is C13H20BrN3O. The summed E-state index contributed by atoms with van der Waals surface area (Å²) in [6.45, 7) is 5.82. The smallest absolute Gasteiger partial charge is 0.236 e. The van der Waals surface area contributed by atoms with Crippen LogP contribution in [0.3, 0.4) is 0 Å². The molecule has 1 aromatic heterocycles. The van der Waals surface area contributed by atoms with Gasteiger partial charge in [0.25, 0.3) is 0 Å². The van der Waals surface area contributed by atoms with Crippen molar-refractivity contribution in [1.82, 2.24) is 15.1 Å². The lowest BCUT2D eigenvalue weighted by molar-refractivity contribution is -0.132. The zero-order valence-corrected chi connectivity index (χ0v) is 12.5. The molecule has 4 nitrogen and oxygen atoms in total.